The first-order valence-corrected chi connectivity index (χ1v) is 8.15. The van der Waals surface area contributed by atoms with Gasteiger partial charge < -0.3 is 10.6 Å². The standard InChI is InChI=1S/C17H19FN4O3/c18-13-10-12(3-4-14(13)22-7-5-15(23)21-22)20-17(25)9-11-2-1-6-19-16(24)8-11/h3-5,7,10-11H,1-2,6,8-9H2,(H,19,24)(H,20,25)(H,21,23). The third-order valence-electron chi connectivity index (χ3n) is 4.16. The Hall–Kier alpha value is -2.90. The van der Waals surface area contributed by atoms with Crippen LogP contribution in [0.5, 0.6) is 0 Å². The lowest BCUT2D eigenvalue weighted by atomic mass is 9.96. The highest BCUT2D eigenvalue weighted by Gasteiger charge is 2.20. The van der Waals surface area contributed by atoms with Crippen molar-refractivity contribution in [3.05, 3.63) is 46.6 Å². The van der Waals surface area contributed by atoms with E-state index < -0.39 is 5.82 Å². The summed E-state index contributed by atoms with van der Waals surface area (Å²) >= 11 is 0. The van der Waals surface area contributed by atoms with Crippen LogP contribution in [0.2, 0.25) is 0 Å². The van der Waals surface area contributed by atoms with Gasteiger partial charge in [-0.1, -0.05) is 0 Å². The van der Waals surface area contributed by atoms with Crippen LogP contribution < -0.4 is 16.2 Å². The summed E-state index contributed by atoms with van der Waals surface area (Å²) in [5, 5.41) is 7.89. The van der Waals surface area contributed by atoms with Crippen molar-refractivity contribution >= 4 is 17.5 Å². The first kappa shape index (κ1) is 16.9. The number of hydrogen-bond donors (Lipinski definition) is 3. The molecule has 7 nitrogen and oxygen atoms in total. The van der Waals surface area contributed by atoms with E-state index in [1.807, 2.05) is 0 Å². The predicted octanol–water partition coefficient (Wildman–Crippen LogP) is 1.55. The third-order valence-corrected chi connectivity index (χ3v) is 4.16. The van der Waals surface area contributed by atoms with Crippen LogP contribution in [0.25, 0.3) is 5.69 Å². The Morgan fingerprint density at radius 2 is 2.16 bits per heavy atom. The van der Waals surface area contributed by atoms with Crippen LogP contribution in [0.3, 0.4) is 0 Å². The van der Waals surface area contributed by atoms with E-state index in [2.05, 4.69) is 15.7 Å². The van der Waals surface area contributed by atoms with Crippen LogP contribution in [-0.2, 0) is 9.59 Å². The van der Waals surface area contributed by atoms with Gasteiger partial charge >= 0.3 is 0 Å². The number of carbonyl (C=O) groups is 2. The van der Waals surface area contributed by atoms with Gasteiger partial charge in [-0.3, -0.25) is 24.2 Å². The van der Waals surface area contributed by atoms with Crippen molar-refractivity contribution in [3.8, 4) is 5.69 Å². The van der Waals surface area contributed by atoms with Crippen LogP contribution in [0.1, 0.15) is 25.7 Å². The molecule has 0 spiro atoms. The molecule has 0 radical (unpaired) electrons. The number of H-pyrrole nitrogens is 1. The zero-order valence-corrected chi connectivity index (χ0v) is 13.5. The molecule has 0 aliphatic carbocycles. The number of benzene rings is 1. The van der Waals surface area contributed by atoms with Gasteiger partial charge in [0.25, 0.3) is 5.56 Å². The Morgan fingerprint density at radius 3 is 2.88 bits per heavy atom. The lowest BCUT2D eigenvalue weighted by molar-refractivity contribution is -0.122. The maximum atomic E-state index is 14.2. The fourth-order valence-electron chi connectivity index (χ4n) is 2.96. The summed E-state index contributed by atoms with van der Waals surface area (Å²) < 4.78 is 15.5. The van der Waals surface area contributed by atoms with E-state index in [1.165, 1.54) is 29.1 Å². The molecule has 0 saturated carbocycles. The Kier molecular flexibility index (Phi) is 4.97. The first-order valence-electron chi connectivity index (χ1n) is 8.15. The van der Waals surface area contributed by atoms with Gasteiger partial charge in [-0.2, -0.15) is 0 Å². The SMILES string of the molecule is O=C1CC(CC(=O)Nc2ccc(-n3ccc(=O)[nH]3)c(F)c2)CCCN1. The largest absolute Gasteiger partial charge is 0.356 e. The number of aromatic amines is 1. The highest BCUT2D eigenvalue weighted by atomic mass is 19.1. The van der Waals surface area contributed by atoms with Crippen LogP contribution >= 0.6 is 0 Å². The van der Waals surface area contributed by atoms with Crippen molar-refractivity contribution in [3.63, 3.8) is 0 Å². The molecule has 3 rings (SSSR count). The highest BCUT2D eigenvalue weighted by molar-refractivity contribution is 5.91. The van der Waals surface area contributed by atoms with Gasteiger partial charge in [-0.15, -0.1) is 0 Å². The monoisotopic (exact) mass is 346 g/mol. The van der Waals surface area contributed by atoms with Crippen molar-refractivity contribution in [2.75, 3.05) is 11.9 Å². The summed E-state index contributed by atoms with van der Waals surface area (Å²) in [6.45, 7) is 0.644. The summed E-state index contributed by atoms with van der Waals surface area (Å²) in [6, 6.07) is 5.53. The molecule has 1 unspecified atom stereocenters. The Labute approximate surface area is 143 Å². The number of hydrogen-bond acceptors (Lipinski definition) is 3. The molecule has 3 N–H and O–H groups in total. The van der Waals surface area contributed by atoms with Gasteiger partial charge in [0.2, 0.25) is 11.8 Å². The summed E-state index contributed by atoms with van der Waals surface area (Å²) in [6.07, 6.45) is 3.64. The summed E-state index contributed by atoms with van der Waals surface area (Å²) in [5.74, 6) is -0.859. The number of amides is 2. The van der Waals surface area contributed by atoms with Gasteiger partial charge in [0.05, 0.1) is 5.69 Å². The van der Waals surface area contributed by atoms with E-state index in [0.29, 0.717) is 18.7 Å². The summed E-state index contributed by atoms with van der Waals surface area (Å²) in [4.78, 5) is 34.8. The zero-order chi connectivity index (χ0) is 17.8. The normalized spacial score (nSPS) is 17.6. The minimum absolute atomic E-state index is 0.00318. The Bertz CT molecular complexity index is 842. The zero-order valence-electron chi connectivity index (χ0n) is 13.5. The van der Waals surface area contributed by atoms with Crippen LogP contribution in [-0.4, -0.2) is 28.1 Å². The molecule has 0 bridgehead atoms. The molecule has 2 heterocycles. The highest BCUT2D eigenvalue weighted by Crippen LogP contribution is 2.21. The first-order chi connectivity index (χ1) is 12.0. The molecule has 2 aromatic rings. The Balaban J connectivity index is 1.64. The minimum atomic E-state index is -0.571. The maximum Gasteiger partial charge on any atom is 0.264 e. The second-order valence-corrected chi connectivity index (χ2v) is 6.14. The predicted molar refractivity (Wildman–Crippen MR) is 89.9 cm³/mol. The molecular formula is C17H19FN4O3. The van der Waals surface area contributed by atoms with Crippen LogP contribution in [0.15, 0.2) is 35.3 Å². The smallest absolute Gasteiger partial charge is 0.264 e. The van der Waals surface area contributed by atoms with Crippen molar-refractivity contribution in [1.29, 1.82) is 0 Å². The van der Waals surface area contributed by atoms with Gasteiger partial charge in [-0.05, 0) is 37.0 Å². The molecule has 1 saturated heterocycles. The fourth-order valence-corrected chi connectivity index (χ4v) is 2.96. The molecule has 2 amide bonds. The molecule has 8 heteroatoms. The van der Waals surface area contributed by atoms with E-state index in [1.54, 1.807) is 6.07 Å². The lowest BCUT2D eigenvalue weighted by Gasteiger charge is -2.13. The number of carbonyl (C=O) groups excluding carboxylic acids is 2. The Morgan fingerprint density at radius 1 is 1.32 bits per heavy atom. The van der Waals surface area contributed by atoms with Crippen LogP contribution in [0.4, 0.5) is 10.1 Å². The third kappa shape index (κ3) is 4.34. The number of rotatable bonds is 4. The molecule has 25 heavy (non-hydrogen) atoms. The van der Waals surface area contributed by atoms with Crippen molar-refractivity contribution in [2.45, 2.75) is 25.7 Å². The number of halogens is 1. The van der Waals surface area contributed by atoms with Gasteiger partial charge in [0.15, 0.2) is 5.82 Å². The second-order valence-electron chi connectivity index (χ2n) is 6.14. The van der Waals surface area contributed by atoms with Crippen molar-refractivity contribution in [1.82, 2.24) is 15.1 Å². The van der Waals surface area contributed by atoms with E-state index in [9.17, 15) is 18.8 Å². The lowest BCUT2D eigenvalue weighted by Crippen LogP contribution is -2.23. The number of anilines is 1. The molecule has 1 aromatic carbocycles. The number of nitrogens with one attached hydrogen (secondary N) is 3. The molecule has 1 fully saturated rings. The van der Waals surface area contributed by atoms with Crippen molar-refractivity contribution < 1.29 is 14.0 Å². The van der Waals surface area contributed by atoms with Gasteiger partial charge in [0.1, 0.15) is 0 Å². The van der Waals surface area contributed by atoms with Crippen LogP contribution in [0, 0.1) is 11.7 Å². The molecule has 1 aromatic heterocycles. The average molecular weight is 346 g/mol. The topological polar surface area (TPSA) is 96.0 Å². The fraction of sp³-hybridized carbons (Fsp3) is 0.353. The maximum absolute atomic E-state index is 14.2. The second kappa shape index (κ2) is 7.33. The van der Waals surface area contributed by atoms with Crippen molar-refractivity contribution in [2.24, 2.45) is 5.92 Å². The minimum Gasteiger partial charge on any atom is -0.356 e. The van der Waals surface area contributed by atoms with E-state index in [-0.39, 0.29) is 35.4 Å². The van der Waals surface area contributed by atoms with E-state index >= 15 is 0 Å². The molecule has 1 atom stereocenters. The quantitative estimate of drug-likeness (QED) is 0.784. The molecular weight excluding hydrogens is 327 g/mol. The number of aromatic nitrogens is 2. The van der Waals surface area contributed by atoms with Gasteiger partial charge in [-0.25, -0.2) is 4.39 Å². The molecule has 132 valence electrons. The van der Waals surface area contributed by atoms with E-state index in [4.69, 9.17) is 0 Å². The average Bonchev–Trinajstić information content (AvgIpc) is 2.86. The molecule has 1 aliphatic rings. The van der Waals surface area contributed by atoms with E-state index in [0.717, 1.165) is 12.8 Å². The summed E-state index contributed by atoms with van der Waals surface area (Å²) in [7, 11) is 0. The molecule has 1 aliphatic heterocycles. The van der Waals surface area contributed by atoms with Gasteiger partial charge in [0, 0.05) is 37.3 Å². The summed E-state index contributed by atoms with van der Waals surface area (Å²) in [5.41, 5.74) is 0.184. The number of nitrogens with zero attached hydrogens (tertiary/aromatic N) is 1.